The van der Waals surface area contributed by atoms with Crippen molar-refractivity contribution in [3.05, 3.63) is 452 Å². The monoisotopic (exact) mass is 1510 g/mol. The Morgan fingerprint density at radius 2 is 0.455 bits per heavy atom. The van der Waals surface area contributed by atoms with E-state index in [0.29, 0.717) is 46.0 Å². The van der Waals surface area contributed by atoms with Gasteiger partial charge in [-0.15, -0.1) is 0 Å². The quantitative estimate of drug-likeness (QED) is 0.0242. The molecule has 14 aromatic carbocycles. The Morgan fingerprint density at radius 3 is 0.679 bits per heavy atom. The van der Waals surface area contributed by atoms with Crippen molar-refractivity contribution in [1.29, 1.82) is 15.7 Å². The van der Waals surface area contributed by atoms with Gasteiger partial charge in [0.15, 0.2) is 0 Å². The van der Waals surface area contributed by atoms with Crippen molar-refractivity contribution in [3.63, 3.8) is 0 Å². The van der Waals surface area contributed by atoms with Gasteiger partial charge >= 0.3 is 0 Å². The fourth-order valence-corrected chi connectivity index (χ4v) is 14.3. The molecule has 14 rings (SSSR count). The molecule has 0 heterocycles. The molecule has 0 saturated heterocycles. The van der Waals surface area contributed by atoms with Crippen LogP contribution in [-0.4, -0.2) is 93.3 Å². The molecule has 0 aliphatic rings. The van der Waals surface area contributed by atoms with Gasteiger partial charge in [-0.05, 0) is 220 Å². The molecular weight excluding hydrogens is 1390 g/mol. The van der Waals surface area contributed by atoms with E-state index < -0.39 is 16.2 Å². The number of phenolic OH excluding ortho intramolecular Hbond substituents is 8. The molecule has 0 aliphatic carbocycles. The van der Waals surface area contributed by atoms with Crippen LogP contribution >= 0.6 is 0 Å². The Morgan fingerprint density at radius 1 is 0.241 bits per heavy atom. The first kappa shape index (κ1) is 71.0. The van der Waals surface area contributed by atoms with Crippen molar-refractivity contribution < 1.29 is 56.2 Å². The predicted octanol–water partition coefficient (Wildman–Crippen LogP) is 22.0. The highest BCUT2D eigenvalue weighted by molar-refractivity contribution is 5.62. The van der Waals surface area contributed by atoms with Gasteiger partial charge in [0, 0.05) is 55.3 Å². The normalized spacial score (nSPS) is 12.3. The summed E-state index contributed by atoms with van der Waals surface area (Å²) in [7, 11) is 3.88. The summed E-state index contributed by atoms with van der Waals surface area (Å²) in [5.41, 5.74) is 16.6. The molecule has 0 fully saturated rings. The third-order valence-corrected chi connectivity index (χ3v) is 20.4. The van der Waals surface area contributed by atoms with Crippen LogP contribution in [0.3, 0.4) is 0 Å². The molecule has 0 aliphatic heterocycles. The van der Waals surface area contributed by atoms with Crippen molar-refractivity contribution in [3.8, 4) is 46.0 Å². The number of aliphatic hydroxyl groups is 3. The molecule has 112 heavy (non-hydrogen) atoms. The molecule has 1 atom stereocenters. The number of rotatable bonds is 25. The Balaban J connectivity index is 0.000000268. The van der Waals surface area contributed by atoms with Crippen LogP contribution in [0.2, 0.25) is 0 Å². The number of hydrogen-bond donors (Lipinski definition) is 11. The average Bonchev–Trinajstić information content (AvgIpc) is 0.721. The van der Waals surface area contributed by atoms with Crippen LogP contribution in [-0.2, 0) is 16.2 Å². The SMILES string of the molecule is C.CC.[2H]OC.[2H]OC.[2H]OC.[2H]Oc1ccc(C(C)(c2ccc(C)cc2)c2cc(C(C)(c3ccc(O[2H])cc3)c3ccc(O[2H])cc3)cc(C(C)(c3ccc(O[2H])cc3)c3ccc(O[2H])cc3)c2)cc1.[2H]Oc1ccc(C(c2ccc(O[2H])cc2)c2ccc(C)c(O[2H])c2)cc1.c1ccc(C(c2ccccc2)C(c2ccccc2)c2ccccc2)cc1. The molecule has 0 saturated carbocycles. The smallest absolute Gasteiger partial charge is 0.293 e. The lowest BCUT2D eigenvalue weighted by molar-refractivity contribution is 0.399. The Hall–Kier alpha value is -12.6. The third kappa shape index (κ3) is 20.4. The second-order valence-electron chi connectivity index (χ2n) is 26.9. The standard InChI is InChI=1S/C49H44O5.C26H22.C20H18O3.C2H6.3CH4O.CH4/c1-32-5-7-33(8-6-32)47(2,34-9-19-42(50)20-10-34)39-29-40(48(3,35-11-21-43(51)22-12-35)36-13-23-44(52)24-14-36)31-41(30-39)49(4,37-15-25-45(53)26-16-37)38-17-27-46(54)28-18-38;1-5-13-21(14-6-1)25(22-15-7-2-8-16-22)26(23-17-9-3-10-18-23)24-19-11-4-12-20-24;1-13-2-3-16(12-19(13)23)20(14-4-8-17(21)9-5-14)15-6-10-18(22)11-7-15;4*1-2;/h5-31,50-54H,1-4H3;1-20,25-26H;2-12,20-23H,1H3;1-2H3;3*2H,1H3;1H4/i;;;;3*2D;/hD8. The molecule has 1 unspecified atom stereocenters. The number of phenols is 8. The average molecular weight is 1510 g/mol. The lowest BCUT2D eigenvalue weighted by Gasteiger charge is -2.39. The van der Waals surface area contributed by atoms with Crippen LogP contribution in [0.1, 0.15) is 160 Å². The van der Waals surface area contributed by atoms with E-state index in [1.54, 1.807) is 72.8 Å². The highest BCUT2D eigenvalue weighted by Gasteiger charge is 2.40. The minimum absolute atomic E-state index is 0. The number of benzene rings is 14. The first-order valence-electron chi connectivity index (χ1n) is 41.1. The second-order valence-corrected chi connectivity index (χ2v) is 26.9. The van der Waals surface area contributed by atoms with Crippen LogP contribution < -0.4 is 0 Å². The first-order chi connectivity index (χ1) is 59.3. The molecule has 0 aromatic heterocycles. The van der Waals surface area contributed by atoms with E-state index in [9.17, 15) is 0 Å². The molecule has 0 spiro atoms. The molecule has 14 aromatic rings. The minimum Gasteiger partial charge on any atom is -0.508 e. The molecule has 0 bridgehead atoms. The largest absolute Gasteiger partial charge is 0.508 e. The van der Waals surface area contributed by atoms with Gasteiger partial charge in [-0.3, -0.25) is 0 Å². The zero-order valence-electron chi connectivity index (χ0n) is 75.2. The Labute approximate surface area is 678 Å². The van der Waals surface area contributed by atoms with E-state index in [1.807, 2.05) is 136 Å². The van der Waals surface area contributed by atoms with Crippen molar-refractivity contribution in [2.75, 3.05) is 21.3 Å². The van der Waals surface area contributed by atoms with Gasteiger partial charge in [0.2, 0.25) is 4.29 Å². The van der Waals surface area contributed by atoms with Gasteiger partial charge in [-0.2, -0.15) is 0 Å². The first-order valence-corrected chi connectivity index (χ1v) is 36.6. The minimum atomic E-state index is -0.824. The predicted molar refractivity (Wildman–Crippen MR) is 457 cm³/mol. The van der Waals surface area contributed by atoms with Gasteiger partial charge in [0.25, 0.3) is 11.4 Å². The maximum absolute atomic E-state index is 7.57. The van der Waals surface area contributed by atoms with Crippen LogP contribution in [0.25, 0.3) is 0 Å². The summed E-state index contributed by atoms with van der Waals surface area (Å²) in [5.74, 6) is 3.90. The van der Waals surface area contributed by atoms with Crippen LogP contribution in [0.4, 0.5) is 0 Å². The second kappa shape index (κ2) is 41.2. The highest BCUT2D eigenvalue weighted by atomic mass is 16.3. The van der Waals surface area contributed by atoms with Crippen LogP contribution in [0.5, 0.6) is 46.0 Å². The number of aromatic hydroxyl groups is 8. The van der Waals surface area contributed by atoms with E-state index in [2.05, 4.69) is 217 Å². The highest BCUT2D eigenvalue weighted by Crippen LogP contribution is 2.50. The molecule has 11 N–H and O–H groups in total. The fourth-order valence-electron chi connectivity index (χ4n) is 14.3. The molecule has 576 valence electrons. The van der Waals surface area contributed by atoms with Gasteiger partial charge in [-0.1, -0.05) is 288 Å². The van der Waals surface area contributed by atoms with Gasteiger partial charge in [-0.25, -0.2) is 0 Å². The van der Waals surface area contributed by atoms with E-state index >= 15 is 0 Å². The summed E-state index contributed by atoms with van der Waals surface area (Å²) >= 11 is 0. The van der Waals surface area contributed by atoms with Crippen molar-refractivity contribution in [2.45, 2.75) is 89.9 Å². The summed E-state index contributed by atoms with van der Waals surface area (Å²) in [6, 6.07) is 117. The summed E-state index contributed by atoms with van der Waals surface area (Å²) < 4.78 is 76.2. The summed E-state index contributed by atoms with van der Waals surface area (Å²) in [6.07, 6.45) is 0. The van der Waals surface area contributed by atoms with E-state index in [4.69, 9.17) is 46.4 Å². The lowest BCUT2D eigenvalue weighted by Crippen LogP contribution is -2.32. The van der Waals surface area contributed by atoms with Gasteiger partial charge in [0.1, 0.15) is 46.0 Å². The van der Waals surface area contributed by atoms with Gasteiger partial charge in [0.05, 0.1) is 0 Å². The van der Waals surface area contributed by atoms with Crippen molar-refractivity contribution in [2.24, 2.45) is 0 Å². The Kier molecular flexibility index (Phi) is 26.1. The van der Waals surface area contributed by atoms with Crippen LogP contribution in [0, 0.1) is 13.8 Å². The maximum Gasteiger partial charge on any atom is 0.293 e. The summed E-state index contributed by atoms with van der Waals surface area (Å²) in [5, 5.41) is 48.6. The summed E-state index contributed by atoms with van der Waals surface area (Å²) in [4.78, 5) is 0. The van der Waals surface area contributed by atoms with E-state index in [0.717, 1.165) is 77.9 Å². The molecular formula is C101H106O11. The topological polar surface area (TPSA) is 223 Å². The zero-order chi connectivity index (χ0) is 88.0. The van der Waals surface area contributed by atoms with Crippen LogP contribution in [0.15, 0.2) is 352 Å². The van der Waals surface area contributed by atoms with E-state index in [1.165, 1.54) is 43.6 Å². The number of hydrogen-bond acceptors (Lipinski definition) is 11. The van der Waals surface area contributed by atoms with Gasteiger partial charge < -0.3 is 56.2 Å². The van der Waals surface area contributed by atoms with E-state index in [-0.39, 0.29) is 25.2 Å². The molecule has 0 amide bonds. The van der Waals surface area contributed by atoms with Crippen molar-refractivity contribution >= 4 is 0 Å². The van der Waals surface area contributed by atoms with Crippen molar-refractivity contribution in [1.82, 2.24) is 0 Å². The maximum atomic E-state index is 7.57. The molecule has 0 radical (unpaired) electrons. The lowest BCUT2D eigenvalue weighted by atomic mass is 9.63. The number of aliphatic hydroxyl groups excluding tert-OH is 3. The number of aryl methyl sites for hydroxylation is 2. The molecule has 11 nitrogen and oxygen atoms in total. The molecule has 11 heteroatoms. The fraction of sp³-hybridized carbons (Fsp3) is 0.168. The Bertz CT molecular complexity index is 4900. The zero-order valence-corrected chi connectivity index (χ0v) is 64.2. The third-order valence-electron chi connectivity index (χ3n) is 20.4. The summed E-state index contributed by atoms with van der Waals surface area (Å²) in [6.45, 7) is 14.5.